The molecule has 0 aliphatic carbocycles. The van der Waals surface area contributed by atoms with E-state index in [1.165, 1.54) is 17.7 Å². The fraction of sp³-hybridized carbons (Fsp3) is 0.0714. The van der Waals surface area contributed by atoms with Crippen molar-refractivity contribution in [3.8, 4) is 11.5 Å². The fourth-order valence-electron chi connectivity index (χ4n) is 1.86. The Morgan fingerprint density at radius 2 is 2.29 bits per heavy atom. The second-order valence-electron chi connectivity index (χ2n) is 4.37. The van der Waals surface area contributed by atoms with Crippen LogP contribution in [-0.2, 0) is 0 Å². The third kappa shape index (κ3) is 2.77. The van der Waals surface area contributed by atoms with Gasteiger partial charge in [-0.1, -0.05) is 6.07 Å². The Morgan fingerprint density at radius 3 is 3.00 bits per heavy atom. The summed E-state index contributed by atoms with van der Waals surface area (Å²) in [6.07, 6.45) is 1.40. The number of rotatable bonds is 4. The van der Waals surface area contributed by atoms with E-state index in [0.29, 0.717) is 16.5 Å². The Hall–Kier alpha value is -2.67. The van der Waals surface area contributed by atoms with Crippen LogP contribution in [0.5, 0.6) is 0 Å². The molecule has 2 heterocycles. The Labute approximate surface area is 124 Å². The van der Waals surface area contributed by atoms with Crippen molar-refractivity contribution in [3.63, 3.8) is 0 Å². The molecule has 106 valence electrons. The number of oxazole rings is 1. The normalized spacial score (nSPS) is 10.5. The molecular weight excluding hydrogens is 288 g/mol. The number of thiazole rings is 1. The smallest absolute Gasteiger partial charge is 0.248 e. The van der Waals surface area contributed by atoms with E-state index in [0.717, 1.165) is 17.1 Å². The van der Waals surface area contributed by atoms with E-state index in [2.05, 4.69) is 15.3 Å². The first kappa shape index (κ1) is 13.3. The minimum Gasteiger partial charge on any atom is -0.442 e. The number of hydrogen-bond acceptors (Lipinski definition) is 6. The Bertz CT molecular complexity index is 794. The molecule has 2 aromatic heterocycles. The summed E-state index contributed by atoms with van der Waals surface area (Å²) in [5, 5.41) is 5.72. The quantitative estimate of drug-likeness (QED) is 0.772. The molecule has 0 fully saturated rings. The van der Waals surface area contributed by atoms with Crippen LogP contribution in [0.4, 0.5) is 10.8 Å². The summed E-state index contributed by atoms with van der Waals surface area (Å²) in [7, 11) is 0. The van der Waals surface area contributed by atoms with Gasteiger partial charge >= 0.3 is 0 Å². The lowest BCUT2D eigenvalue weighted by Gasteiger charge is -2.03. The first-order chi connectivity index (χ1) is 10.1. The molecular formula is C14H12N4O2S. The average Bonchev–Trinajstić information content (AvgIpc) is 3.08. The number of nitrogens with one attached hydrogen (secondary N) is 1. The zero-order valence-electron chi connectivity index (χ0n) is 11.2. The molecule has 21 heavy (non-hydrogen) atoms. The lowest BCUT2D eigenvalue weighted by molar-refractivity contribution is 0.100. The monoisotopic (exact) mass is 300 g/mol. The van der Waals surface area contributed by atoms with Gasteiger partial charge in [0.25, 0.3) is 0 Å². The van der Waals surface area contributed by atoms with E-state index < -0.39 is 5.91 Å². The van der Waals surface area contributed by atoms with Crippen molar-refractivity contribution in [1.82, 2.24) is 9.97 Å². The first-order valence-electron chi connectivity index (χ1n) is 6.16. The van der Waals surface area contributed by atoms with Crippen LogP contribution in [0.1, 0.15) is 16.1 Å². The van der Waals surface area contributed by atoms with Crippen molar-refractivity contribution < 1.29 is 9.21 Å². The molecule has 0 aliphatic heterocycles. The van der Waals surface area contributed by atoms with Crippen molar-refractivity contribution in [2.24, 2.45) is 5.73 Å². The van der Waals surface area contributed by atoms with Crippen molar-refractivity contribution in [2.75, 3.05) is 5.32 Å². The highest BCUT2D eigenvalue weighted by atomic mass is 32.1. The maximum atomic E-state index is 11.2. The third-order valence-corrected chi connectivity index (χ3v) is 3.64. The minimum absolute atomic E-state index is 0.447. The Balaban J connectivity index is 1.83. The number of aryl methyl sites for hydroxylation is 1. The zero-order valence-corrected chi connectivity index (χ0v) is 12.0. The van der Waals surface area contributed by atoms with Crippen LogP contribution in [0, 0.1) is 6.92 Å². The molecule has 0 atom stereocenters. The number of amides is 1. The number of aromatic nitrogens is 2. The summed E-state index contributed by atoms with van der Waals surface area (Å²) < 4.78 is 5.31. The summed E-state index contributed by atoms with van der Waals surface area (Å²) in [6.45, 7) is 1.86. The molecule has 1 amide bonds. The molecule has 0 saturated carbocycles. The molecule has 3 N–H and O–H groups in total. The maximum absolute atomic E-state index is 11.2. The van der Waals surface area contributed by atoms with Crippen LogP contribution >= 0.6 is 11.3 Å². The number of nitrogens with zero attached hydrogens (tertiary/aromatic N) is 2. The summed E-state index contributed by atoms with van der Waals surface area (Å²) in [4.78, 5) is 19.6. The van der Waals surface area contributed by atoms with E-state index in [9.17, 15) is 4.79 Å². The molecule has 0 aliphatic rings. The van der Waals surface area contributed by atoms with Crippen molar-refractivity contribution >= 4 is 28.1 Å². The Morgan fingerprint density at radius 1 is 1.43 bits per heavy atom. The highest BCUT2D eigenvalue weighted by Crippen LogP contribution is 2.28. The summed E-state index contributed by atoms with van der Waals surface area (Å²) >= 11 is 1.44. The second kappa shape index (κ2) is 5.37. The SMILES string of the molecule is Cc1ncoc1-c1csc(Nc2cccc(C(N)=O)c2)n1. The van der Waals surface area contributed by atoms with Crippen molar-refractivity contribution in [1.29, 1.82) is 0 Å². The van der Waals surface area contributed by atoms with E-state index in [-0.39, 0.29) is 0 Å². The van der Waals surface area contributed by atoms with Crippen LogP contribution < -0.4 is 11.1 Å². The standard InChI is InChI=1S/C14H12N4O2S/c1-8-12(20-7-16-8)11-6-21-14(18-11)17-10-4-2-3-9(5-10)13(15)19/h2-7H,1H3,(H2,15,19)(H,17,18). The number of benzene rings is 1. The minimum atomic E-state index is -0.462. The third-order valence-electron chi connectivity index (χ3n) is 2.88. The predicted octanol–water partition coefficient (Wildman–Crippen LogP) is 2.95. The number of primary amides is 1. The predicted molar refractivity (Wildman–Crippen MR) is 80.6 cm³/mol. The highest BCUT2D eigenvalue weighted by molar-refractivity contribution is 7.14. The average molecular weight is 300 g/mol. The topological polar surface area (TPSA) is 94.0 Å². The van der Waals surface area contributed by atoms with Gasteiger partial charge in [-0.25, -0.2) is 9.97 Å². The van der Waals surface area contributed by atoms with E-state index in [1.54, 1.807) is 18.2 Å². The van der Waals surface area contributed by atoms with Crippen molar-refractivity contribution in [2.45, 2.75) is 6.92 Å². The van der Waals surface area contributed by atoms with Crippen molar-refractivity contribution in [3.05, 3.63) is 47.3 Å². The van der Waals surface area contributed by atoms with Crippen LogP contribution in [0.3, 0.4) is 0 Å². The lowest BCUT2D eigenvalue weighted by Crippen LogP contribution is -2.10. The van der Waals surface area contributed by atoms with Gasteiger partial charge in [-0.05, 0) is 25.1 Å². The highest BCUT2D eigenvalue weighted by Gasteiger charge is 2.11. The van der Waals surface area contributed by atoms with Gasteiger partial charge < -0.3 is 15.5 Å². The molecule has 6 nitrogen and oxygen atoms in total. The zero-order chi connectivity index (χ0) is 14.8. The molecule has 7 heteroatoms. The largest absolute Gasteiger partial charge is 0.442 e. The number of carbonyl (C=O) groups excluding carboxylic acids is 1. The van der Waals surface area contributed by atoms with Gasteiger partial charge in [-0.15, -0.1) is 11.3 Å². The summed E-state index contributed by atoms with van der Waals surface area (Å²) in [5.41, 5.74) is 7.98. The fourth-order valence-corrected chi connectivity index (χ4v) is 2.57. The van der Waals surface area contributed by atoms with Crippen LogP contribution in [-0.4, -0.2) is 15.9 Å². The van der Waals surface area contributed by atoms with Gasteiger partial charge in [0.2, 0.25) is 5.91 Å². The number of nitrogens with two attached hydrogens (primary N) is 1. The van der Waals surface area contributed by atoms with Crippen LogP contribution in [0.15, 0.2) is 40.5 Å². The van der Waals surface area contributed by atoms with Gasteiger partial charge in [0, 0.05) is 16.6 Å². The van der Waals surface area contributed by atoms with Gasteiger partial charge in [-0.3, -0.25) is 4.79 Å². The van der Waals surface area contributed by atoms with Gasteiger partial charge in [0.15, 0.2) is 17.3 Å². The first-order valence-corrected chi connectivity index (χ1v) is 7.04. The molecule has 1 aromatic carbocycles. The van der Waals surface area contributed by atoms with Gasteiger partial charge in [0.1, 0.15) is 5.69 Å². The molecule has 3 aromatic rings. The van der Waals surface area contributed by atoms with E-state index >= 15 is 0 Å². The molecule has 0 radical (unpaired) electrons. The molecule has 3 rings (SSSR count). The Kier molecular flexibility index (Phi) is 3.41. The van der Waals surface area contributed by atoms with Crippen LogP contribution in [0.25, 0.3) is 11.5 Å². The van der Waals surface area contributed by atoms with Gasteiger partial charge in [-0.2, -0.15) is 0 Å². The molecule has 0 unspecified atom stereocenters. The number of carbonyl (C=O) groups is 1. The number of hydrogen-bond donors (Lipinski definition) is 2. The summed E-state index contributed by atoms with van der Waals surface area (Å²) in [6, 6.07) is 6.95. The summed E-state index contributed by atoms with van der Waals surface area (Å²) in [5.74, 6) is 0.195. The number of anilines is 2. The van der Waals surface area contributed by atoms with E-state index in [1.807, 2.05) is 18.4 Å². The van der Waals surface area contributed by atoms with Crippen LogP contribution in [0.2, 0.25) is 0 Å². The van der Waals surface area contributed by atoms with Gasteiger partial charge in [0.05, 0.1) is 5.69 Å². The van der Waals surface area contributed by atoms with E-state index in [4.69, 9.17) is 10.2 Å². The molecule has 0 spiro atoms. The lowest BCUT2D eigenvalue weighted by atomic mass is 10.2. The molecule has 0 bridgehead atoms. The second-order valence-corrected chi connectivity index (χ2v) is 5.23. The maximum Gasteiger partial charge on any atom is 0.248 e. The molecule has 0 saturated heterocycles.